The van der Waals surface area contributed by atoms with Gasteiger partial charge in [0.1, 0.15) is 0 Å². The van der Waals surface area contributed by atoms with Crippen molar-refractivity contribution in [3.63, 3.8) is 0 Å². The molecule has 10 nitrogen and oxygen atoms in total. The van der Waals surface area contributed by atoms with E-state index in [0.29, 0.717) is 0 Å². The molecule has 0 bridgehead atoms. The molecule has 0 aromatic heterocycles. The minimum atomic E-state index is -1.23. The number of aliphatic carboxylic acids is 5. The molecule has 0 rings (SSSR count). The molecule has 1 N–H and O–H groups in total. The quantitative estimate of drug-likeness (QED) is 0.337. The van der Waals surface area contributed by atoms with Crippen LogP contribution in [0.25, 0.3) is 0 Å². The fourth-order valence-electron chi connectivity index (χ4n) is 0. The number of hydrogen-bond donors (Lipinski definition) is 1. The van der Waals surface area contributed by atoms with Gasteiger partial charge in [-0.1, -0.05) is 32.9 Å². The van der Waals surface area contributed by atoms with E-state index in [1.165, 1.54) is 0 Å². The molecule has 0 aliphatic rings. The summed E-state index contributed by atoms with van der Waals surface area (Å²) in [5.41, 5.74) is 0. The first-order chi connectivity index (χ1) is 11.4. The summed E-state index contributed by atoms with van der Waals surface area (Å²) in [6, 6.07) is 0. The maximum absolute atomic E-state index is 9.25. The van der Waals surface area contributed by atoms with E-state index in [1.54, 1.807) is 0 Å². The SMILES string of the molecule is C=CC(=O)O.C=CC(=O)[O-].C=CC(=O)[O-].C=CC(=O)[O-].C=CC(=O)[O-].[Ta]. The monoisotopic (exact) mass is 537 g/mol. The van der Waals surface area contributed by atoms with E-state index in [9.17, 15) is 4.79 Å². The first-order valence-electron chi connectivity index (χ1n) is 5.55. The van der Waals surface area contributed by atoms with Gasteiger partial charge in [0.05, 0.1) is 23.9 Å². The van der Waals surface area contributed by atoms with Gasteiger partial charge in [0.2, 0.25) is 0 Å². The molecule has 0 spiro atoms. The molecule has 0 aliphatic heterocycles. The van der Waals surface area contributed by atoms with Gasteiger partial charge >= 0.3 is 5.97 Å². The first-order valence-corrected chi connectivity index (χ1v) is 5.55. The topological polar surface area (TPSA) is 198 Å². The minimum absolute atomic E-state index is 0. The number of carbonyl (C=O) groups is 5. The summed E-state index contributed by atoms with van der Waals surface area (Å²) in [7, 11) is 0. The maximum atomic E-state index is 9.25. The predicted molar refractivity (Wildman–Crippen MR) is 78.6 cm³/mol. The van der Waals surface area contributed by atoms with Crippen molar-refractivity contribution in [3.8, 4) is 0 Å². The molecule has 0 unspecified atom stereocenters. The van der Waals surface area contributed by atoms with Crippen LogP contribution in [0.4, 0.5) is 0 Å². The van der Waals surface area contributed by atoms with Crippen LogP contribution in [0.1, 0.15) is 0 Å². The van der Waals surface area contributed by atoms with Crippen molar-refractivity contribution in [2.24, 2.45) is 0 Å². The number of carbonyl (C=O) groups excluding carboxylic acids is 4. The standard InChI is InChI=1S/5C3H4O2.Ta/c5*1-2-3(4)5;/h5*2H,1H2,(H,4,5);/p-4. The van der Waals surface area contributed by atoms with E-state index < -0.39 is 29.8 Å². The molecule has 0 aromatic carbocycles. The van der Waals surface area contributed by atoms with Gasteiger partial charge in [-0.15, -0.1) is 0 Å². The third-order valence-corrected chi connectivity index (χ3v) is 0.841. The summed E-state index contributed by atoms with van der Waals surface area (Å²) in [5.74, 6) is -5.91. The minimum Gasteiger partial charge on any atom is -0.545 e. The van der Waals surface area contributed by atoms with Crippen LogP contribution < -0.4 is 20.4 Å². The van der Waals surface area contributed by atoms with Crippen LogP contribution in [0.3, 0.4) is 0 Å². The Morgan fingerprint density at radius 3 is 0.615 bits per heavy atom. The summed E-state index contributed by atoms with van der Waals surface area (Å²) in [6.07, 6.45) is 3.72. The molecule has 0 heterocycles. The van der Waals surface area contributed by atoms with Crippen molar-refractivity contribution in [3.05, 3.63) is 63.3 Å². The van der Waals surface area contributed by atoms with Gasteiger partial charge < -0.3 is 44.7 Å². The summed E-state index contributed by atoms with van der Waals surface area (Å²) in [5, 5.41) is 44.2. The molecule has 145 valence electrons. The predicted octanol–water partition coefficient (Wildman–Crippen LogP) is -4.06. The average Bonchev–Trinajstić information content (AvgIpc) is 2.56. The second-order valence-electron chi connectivity index (χ2n) is 2.64. The van der Waals surface area contributed by atoms with E-state index in [-0.39, 0.29) is 22.4 Å². The van der Waals surface area contributed by atoms with E-state index >= 15 is 0 Å². The number of carboxylic acid groups (broad SMARTS) is 5. The van der Waals surface area contributed by atoms with Crippen LogP contribution >= 0.6 is 0 Å². The Morgan fingerprint density at radius 2 is 0.615 bits per heavy atom. The number of rotatable bonds is 5. The molecular formula is C15H16O10Ta-4. The molecule has 0 saturated carbocycles. The Bertz CT molecular complexity index is 390. The molecule has 0 saturated heterocycles. The molecule has 0 fully saturated rings. The van der Waals surface area contributed by atoms with E-state index in [2.05, 4.69) is 32.9 Å². The Kier molecular flexibility index (Phi) is 49.3. The fourth-order valence-corrected chi connectivity index (χ4v) is 0. The van der Waals surface area contributed by atoms with Crippen LogP contribution in [0, 0.1) is 0 Å². The molecule has 0 aliphatic carbocycles. The van der Waals surface area contributed by atoms with Crippen molar-refractivity contribution < 1.29 is 71.9 Å². The summed E-state index contributed by atoms with van der Waals surface area (Å²) >= 11 is 0. The molecule has 0 atom stereocenters. The van der Waals surface area contributed by atoms with Gasteiger partial charge in [0.15, 0.2) is 0 Å². The van der Waals surface area contributed by atoms with E-state index in [1.807, 2.05) is 0 Å². The van der Waals surface area contributed by atoms with E-state index in [4.69, 9.17) is 44.7 Å². The molecule has 11 heteroatoms. The third kappa shape index (κ3) is 177. The Morgan fingerprint density at radius 1 is 0.538 bits per heavy atom. The average molecular weight is 537 g/mol. The second-order valence-corrected chi connectivity index (χ2v) is 2.64. The number of carboxylic acids is 5. The number of hydrogen-bond acceptors (Lipinski definition) is 9. The van der Waals surface area contributed by atoms with Crippen molar-refractivity contribution in [2.75, 3.05) is 0 Å². The van der Waals surface area contributed by atoms with Crippen molar-refractivity contribution in [2.45, 2.75) is 0 Å². The van der Waals surface area contributed by atoms with Gasteiger partial charge in [0.25, 0.3) is 0 Å². The Balaban J connectivity index is -0.0000000476. The van der Waals surface area contributed by atoms with Crippen LogP contribution in [-0.4, -0.2) is 35.0 Å². The molecular weight excluding hydrogens is 521 g/mol. The van der Waals surface area contributed by atoms with Crippen LogP contribution in [0.5, 0.6) is 0 Å². The third-order valence-electron chi connectivity index (χ3n) is 0.841. The van der Waals surface area contributed by atoms with E-state index in [0.717, 1.165) is 30.4 Å². The summed E-state index contributed by atoms with van der Waals surface area (Å²) in [6.45, 7) is 14.6. The Labute approximate surface area is 165 Å². The van der Waals surface area contributed by atoms with Gasteiger partial charge in [-0.3, -0.25) is 0 Å². The van der Waals surface area contributed by atoms with Gasteiger partial charge in [-0.2, -0.15) is 0 Å². The zero-order valence-corrected chi connectivity index (χ0v) is 16.7. The summed E-state index contributed by atoms with van der Waals surface area (Å²) < 4.78 is 0. The molecule has 0 amide bonds. The second kappa shape index (κ2) is 33.4. The molecule has 1 radical (unpaired) electrons. The van der Waals surface area contributed by atoms with Crippen molar-refractivity contribution in [1.29, 1.82) is 0 Å². The zero-order chi connectivity index (χ0) is 21.4. The smallest absolute Gasteiger partial charge is 0.327 e. The van der Waals surface area contributed by atoms with Crippen molar-refractivity contribution >= 4 is 29.8 Å². The summed E-state index contributed by atoms with van der Waals surface area (Å²) in [4.78, 5) is 45.8. The maximum Gasteiger partial charge on any atom is 0.327 e. The van der Waals surface area contributed by atoms with Gasteiger partial charge in [0, 0.05) is 28.5 Å². The Hall–Kier alpha value is -3.21. The van der Waals surface area contributed by atoms with Gasteiger partial charge in [-0.25, -0.2) is 4.79 Å². The molecule has 26 heavy (non-hydrogen) atoms. The largest absolute Gasteiger partial charge is 0.545 e. The van der Waals surface area contributed by atoms with Crippen LogP contribution in [0.15, 0.2) is 63.3 Å². The van der Waals surface area contributed by atoms with Crippen LogP contribution in [-0.2, 0) is 46.4 Å². The van der Waals surface area contributed by atoms with Crippen LogP contribution in [0.2, 0.25) is 0 Å². The molecule has 0 aromatic rings. The normalized spacial score (nSPS) is 6.15. The first kappa shape index (κ1) is 38.4. The zero-order valence-electron chi connectivity index (χ0n) is 13.5. The van der Waals surface area contributed by atoms with Crippen molar-refractivity contribution in [1.82, 2.24) is 0 Å². The van der Waals surface area contributed by atoms with Gasteiger partial charge in [-0.05, 0) is 24.3 Å². The fraction of sp³-hybridized carbons (Fsp3) is 0.